The molecule has 0 saturated carbocycles. The Bertz CT molecular complexity index is 1590. The number of hydrogen-bond acceptors (Lipinski definition) is 6. The summed E-state index contributed by atoms with van der Waals surface area (Å²) in [4.78, 5) is 0. The topological polar surface area (TPSA) is 66.4 Å². The van der Waals surface area contributed by atoms with E-state index in [1.807, 2.05) is 12.1 Å². The Morgan fingerprint density at radius 3 is 1.42 bits per heavy atom. The van der Waals surface area contributed by atoms with Crippen LogP contribution in [0.3, 0.4) is 0 Å². The molecule has 0 aliphatic carbocycles. The molecule has 0 amide bonds. The highest BCUT2D eigenvalue weighted by atomic mass is 31.1. The van der Waals surface area contributed by atoms with Crippen LogP contribution in [0, 0.1) is 13.8 Å². The number of methoxy groups -OCH3 is 1. The smallest absolute Gasteiger partial charge is 0.131 e. The fourth-order valence-electron chi connectivity index (χ4n) is 7.33. The SMILES string of the molecule is COc1cc(P(c2cc(C)cc(C(C)(C)C)c2OCC2CCCCO2)c2cc(C)cc(C(C)(C)C)c2OCC2CCCCO2)c(O)c(C(C)(C)C)c1. The van der Waals surface area contributed by atoms with Crippen LogP contribution in [0.4, 0.5) is 0 Å². The predicted molar refractivity (Wildman–Crippen MR) is 217 cm³/mol. The van der Waals surface area contributed by atoms with E-state index in [1.165, 1.54) is 0 Å². The number of aromatic hydroxyl groups is 1. The van der Waals surface area contributed by atoms with Gasteiger partial charge in [-0.2, -0.15) is 0 Å². The highest BCUT2D eigenvalue weighted by Crippen LogP contribution is 2.49. The molecule has 2 aliphatic heterocycles. The Labute approximate surface area is 315 Å². The second kappa shape index (κ2) is 16.3. The standard InChI is InChI=1S/C45H65O6P/c1-29-21-35(44(6,7)8)41(50-27-31-17-13-15-19-48-31)38(23-29)52(37-26-33(47-12)25-34(40(37)46)43(3,4)5)39-24-30(2)22-36(45(9,10)11)42(39)51-28-32-18-14-16-20-49-32/h21-26,31-32,46H,13-20,27-28H2,1-12H3. The van der Waals surface area contributed by atoms with Gasteiger partial charge in [0.25, 0.3) is 0 Å². The van der Waals surface area contributed by atoms with Gasteiger partial charge < -0.3 is 28.8 Å². The minimum atomic E-state index is -1.47. The van der Waals surface area contributed by atoms with Crippen LogP contribution < -0.4 is 30.1 Å². The van der Waals surface area contributed by atoms with Crippen LogP contribution in [0.2, 0.25) is 0 Å². The van der Waals surface area contributed by atoms with Crippen LogP contribution >= 0.6 is 7.92 Å². The first kappa shape index (κ1) is 40.4. The lowest BCUT2D eigenvalue weighted by molar-refractivity contribution is -0.0111. The average Bonchev–Trinajstić information content (AvgIpc) is 3.07. The number of aryl methyl sites for hydroxylation is 2. The number of hydrogen-bond donors (Lipinski definition) is 1. The van der Waals surface area contributed by atoms with Gasteiger partial charge in [-0.15, -0.1) is 0 Å². The quantitative estimate of drug-likeness (QED) is 0.210. The third-order valence-electron chi connectivity index (χ3n) is 10.2. The van der Waals surface area contributed by atoms with Crippen LogP contribution in [0.15, 0.2) is 36.4 Å². The molecule has 0 radical (unpaired) electrons. The van der Waals surface area contributed by atoms with Crippen LogP contribution in [-0.2, 0) is 25.7 Å². The molecule has 2 saturated heterocycles. The van der Waals surface area contributed by atoms with Crippen LogP contribution in [0.1, 0.15) is 129 Å². The molecule has 0 bridgehead atoms. The third-order valence-corrected chi connectivity index (χ3v) is 12.7. The molecule has 2 heterocycles. The highest BCUT2D eigenvalue weighted by Gasteiger charge is 2.36. The molecule has 0 spiro atoms. The number of benzene rings is 3. The fraction of sp³-hybridized carbons (Fsp3) is 0.600. The van der Waals surface area contributed by atoms with Crippen molar-refractivity contribution in [1.29, 1.82) is 0 Å². The van der Waals surface area contributed by atoms with Crippen molar-refractivity contribution in [2.24, 2.45) is 0 Å². The van der Waals surface area contributed by atoms with Crippen molar-refractivity contribution >= 4 is 23.8 Å². The lowest BCUT2D eigenvalue weighted by Crippen LogP contribution is -2.33. The molecule has 2 unspecified atom stereocenters. The summed E-state index contributed by atoms with van der Waals surface area (Å²) in [5.74, 6) is 2.76. The molecule has 0 aromatic heterocycles. The maximum Gasteiger partial charge on any atom is 0.131 e. The van der Waals surface area contributed by atoms with E-state index in [9.17, 15) is 5.11 Å². The molecule has 5 rings (SSSR count). The van der Waals surface area contributed by atoms with Crippen molar-refractivity contribution in [3.05, 3.63) is 64.2 Å². The molecule has 6 nitrogen and oxygen atoms in total. The molecule has 1 N–H and O–H groups in total. The van der Waals surface area contributed by atoms with E-state index >= 15 is 0 Å². The maximum atomic E-state index is 12.5. The van der Waals surface area contributed by atoms with Gasteiger partial charge in [-0.1, -0.05) is 74.4 Å². The van der Waals surface area contributed by atoms with Crippen LogP contribution in [0.5, 0.6) is 23.0 Å². The van der Waals surface area contributed by atoms with Crippen LogP contribution in [-0.4, -0.2) is 50.9 Å². The van der Waals surface area contributed by atoms with Gasteiger partial charge in [0, 0.05) is 45.8 Å². The van der Waals surface area contributed by atoms with Gasteiger partial charge in [0.15, 0.2) is 0 Å². The van der Waals surface area contributed by atoms with Crippen molar-refractivity contribution in [2.45, 2.75) is 143 Å². The molecule has 2 aliphatic rings. The molecule has 286 valence electrons. The summed E-state index contributed by atoms with van der Waals surface area (Å²) in [7, 11) is 0.233. The van der Waals surface area contributed by atoms with Crippen molar-refractivity contribution < 1.29 is 28.8 Å². The summed E-state index contributed by atoms with van der Waals surface area (Å²) in [6.07, 6.45) is 6.53. The molecule has 2 fully saturated rings. The summed E-state index contributed by atoms with van der Waals surface area (Å²) >= 11 is 0. The Balaban J connectivity index is 1.87. The summed E-state index contributed by atoms with van der Waals surface area (Å²) in [6.45, 7) is 26.7. The van der Waals surface area contributed by atoms with E-state index in [1.54, 1.807) is 7.11 Å². The Hall–Kier alpha value is -2.79. The first-order chi connectivity index (χ1) is 24.4. The largest absolute Gasteiger partial charge is 0.507 e. The molecule has 7 heteroatoms. The van der Waals surface area contributed by atoms with E-state index in [0.29, 0.717) is 24.7 Å². The molecule has 3 aromatic carbocycles. The second-order valence-corrected chi connectivity index (χ2v) is 20.2. The molecular formula is C45H65O6P. The third kappa shape index (κ3) is 9.46. The molecular weight excluding hydrogens is 667 g/mol. The van der Waals surface area contributed by atoms with Gasteiger partial charge in [-0.3, -0.25) is 0 Å². The summed E-state index contributed by atoms with van der Waals surface area (Å²) in [6, 6.07) is 13.1. The van der Waals surface area contributed by atoms with Crippen molar-refractivity contribution in [2.75, 3.05) is 33.5 Å². The van der Waals surface area contributed by atoms with Gasteiger partial charge in [-0.05, 0) is 112 Å². The lowest BCUT2D eigenvalue weighted by atomic mass is 9.85. The molecule has 2 atom stereocenters. The number of ether oxygens (including phenoxy) is 5. The van der Waals surface area contributed by atoms with E-state index in [2.05, 4.69) is 100 Å². The number of rotatable bonds is 10. The average molecular weight is 733 g/mol. The first-order valence-corrected chi connectivity index (χ1v) is 20.7. The van der Waals surface area contributed by atoms with Crippen molar-refractivity contribution in [3.63, 3.8) is 0 Å². The number of phenolic OH excluding ortho intramolecular Hbond substituents is 1. The minimum absolute atomic E-state index is 0.0421. The Morgan fingerprint density at radius 2 is 1.06 bits per heavy atom. The van der Waals surface area contributed by atoms with E-state index in [4.69, 9.17) is 23.7 Å². The summed E-state index contributed by atoms with van der Waals surface area (Å²) in [5, 5.41) is 15.5. The lowest BCUT2D eigenvalue weighted by Gasteiger charge is -2.34. The van der Waals surface area contributed by atoms with Gasteiger partial charge in [0.1, 0.15) is 36.2 Å². The van der Waals surface area contributed by atoms with E-state index < -0.39 is 7.92 Å². The van der Waals surface area contributed by atoms with E-state index in [-0.39, 0.29) is 28.5 Å². The molecule has 52 heavy (non-hydrogen) atoms. The Kier molecular flexibility index (Phi) is 12.7. The monoisotopic (exact) mass is 732 g/mol. The minimum Gasteiger partial charge on any atom is -0.507 e. The fourth-order valence-corrected chi connectivity index (χ4v) is 10.1. The normalized spacial score (nSPS) is 19.3. The zero-order valence-corrected chi connectivity index (χ0v) is 35.0. The zero-order chi connectivity index (χ0) is 38.0. The summed E-state index contributed by atoms with van der Waals surface area (Å²) < 4.78 is 32.5. The van der Waals surface area contributed by atoms with Gasteiger partial charge in [0.2, 0.25) is 0 Å². The van der Waals surface area contributed by atoms with E-state index in [0.717, 1.165) is 107 Å². The Morgan fingerprint density at radius 1 is 0.615 bits per heavy atom. The summed E-state index contributed by atoms with van der Waals surface area (Å²) in [5.41, 5.74) is 4.67. The molecule has 3 aromatic rings. The maximum absolute atomic E-state index is 12.5. The van der Waals surface area contributed by atoms with Gasteiger partial charge >= 0.3 is 0 Å². The predicted octanol–water partition coefficient (Wildman–Crippen LogP) is 9.56. The second-order valence-electron chi connectivity index (χ2n) is 18.0. The van der Waals surface area contributed by atoms with Gasteiger partial charge in [0.05, 0.1) is 19.3 Å². The zero-order valence-electron chi connectivity index (χ0n) is 34.1. The first-order valence-electron chi connectivity index (χ1n) is 19.4. The van der Waals surface area contributed by atoms with Gasteiger partial charge in [-0.25, -0.2) is 0 Å². The number of phenols is 1. The van der Waals surface area contributed by atoms with Crippen molar-refractivity contribution in [1.82, 2.24) is 0 Å². The highest BCUT2D eigenvalue weighted by molar-refractivity contribution is 7.80. The van der Waals surface area contributed by atoms with Crippen molar-refractivity contribution in [3.8, 4) is 23.0 Å². The van der Waals surface area contributed by atoms with Crippen LogP contribution in [0.25, 0.3) is 0 Å².